The maximum Gasteiger partial charge on any atom is 0.337 e. The third kappa shape index (κ3) is 7.22. The van der Waals surface area contributed by atoms with Crippen LogP contribution in [0.15, 0.2) is 66.0 Å². The molecule has 7 N–H and O–H groups in total. The minimum absolute atomic E-state index is 0.0265. The lowest BCUT2D eigenvalue weighted by Crippen LogP contribution is -2.65. The first-order valence-corrected chi connectivity index (χ1v) is 16.4. The SMILES string of the molecule is COC(=O)C1=CO[C@@H](O[C@@H]2O[C@H](COCc3ccccc3)[C@@H](O[C@@H]3O[C@H](CO)[C@H](O)[C@H](O)[C@H]3O)[C@H](O)[C@H]2O)[C@H]2[C@@H]1C=C[C@@]21C=C([C@H](C)O)C(=O)O1. The van der Waals surface area contributed by atoms with Gasteiger partial charge in [0.25, 0.3) is 0 Å². The number of rotatable bonds is 11. The molecule has 17 nitrogen and oxygen atoms in total. The summed E-state index contributed by atoms with van der Waals surface area (Å²) >= 11 is 0. The molecule has 17 heteroatoms. The van der Waals surface area contributed by atoms with E-state index in [1.807, 2.05) is 30.3 Å². The average Bonchev–Trinajstić information content (AvgIpc) is 3.67. The van der Waals surface area contributed by atoms with E-state index < -0.39 is 110 Å². The van der Waals surface area contributed by atoms with Gasteiger partial charge in [-0.05, 0) is 24.6 Å². The molecule has 4 heterocycles. The highest BCUT2D eigenvalue weighted by atomic mass is 16.8. The fraction of sp³-hybridized carbons (Fsp3) is 0.588. The lowest BCUT2D eigenvalue weighted by Gasteiger charge is -2.47. The van der Waals surface area contributed by atoms with Crippen LogP contribution in [0.5, 0.6) is 0 Å². The highest BCUT2D eigenvalue weighted by Crippen LogP contribution is 2.51. The highest BCUT2D eigenvalue weighted by Gasteiger charge is 2.60. The van der Waals surface area contributed by atoms with Crippen molar-refractivity contribution in [2.24, 2.45) is 11.8 Å². The Balaban J connectivity index is 1.26. The predicted octanol–water partition coefficient (Wildman–Crippen LogP) is -2.33. The van der Waals surface area contributed by atoms with Crippen LogP contribution in [0.3, 0.4) is 0 Å². The van der Waals surface area contributed by atoms with Gasteiger partial charge in [0.1, 0.15) is 48.8 Å². The van der Waals surface area contributed by atoms with Crippen LogP contribution in [-0.4, -0.2) is 147 Å². The summed E-state index contributed by atoms with van der Waals surface area (Å²) in [4.78, 5) is 25.5. The number of fused-ring (bicyclic) bond motifs is 2. The normalized spacial score (nSPS) is 41.0. The highest BCUT2D eigenvalue weighted by molar-refractivity contribution is 5.94. The molecule has 2 saturated heterocycles. The summed E-state index contributed by atoms with van der Waals surface area (Å²) in [6.07, 6.45) is -13.2. The van der Waals surface area contributed by atoms with Crippen molar-refractivity contribution in [3.05, 3.63) is 71.5 Å². The molecule has 0 bridgehead atoms. The van der Waals surface area contributed by atoms with Crippen molar-refractivity contribution in [3.63, 3.8) is 0 Å². The zero-order valence-corrected chi connectivity index (χ0v) is 27.6. The lowest BCUT2D eigenvalue weighted by molar-refractivity contribution is -0.376. The fourth-order valence-corrected chi connectivity index (χ4v) is 6.91. The molecule has 51 heavy (non-hydrogen) atoms. The lowest BCUT2D eigenvalue weighted by atomic mass is 9.78. The number of carbonyl (C=O) groups is 2. The first kappa shape index (κ1) is 37.5. The number of carbonyl (C=O) groups excluding carboxylic acids is 2. The Kier molecular flexibility index (Phi) is 11.3. The Morgan fingerprint density at radius 3 is 2.27 bits per heavy atom. The predicted molar refractivity (Wildman–Crippen MR) is 166 cm³/mol. The summed E-state index contributed by atoms with van der Waals surface area (Å²) < 4.78 is 46.0. The average molecular weight is 723 g/mol. The fourth-order valence-electron chi connectivity index (χ4n) is 6.91. The van der Waals surface area contributed by atoms with Crippen LogP contribution in [0.25, 0.3) is 0 Å². The molecule has 0 amide bonds. The first-order chi connectivity index (χ1) is 24.4. The van der Waals surface area contributed by atoms with Crippen molar-refractivity contribution in [3.8, 4) is 0 Å². The maximum atomic E-state index is 12.8. The van der Waals surface area contributed by atoms with Gasteiger partial charge in [0.05, 0.1) is 56.4 Å². The quantitative estimate of drug-likeness (QED) is 0.0935. The van der Waals surface area contributed by atoms with E-state index in [1.165, 1.54) is 26.2 Å². The molecule has 0 unspecified atom stereocenters. The Labute approximate surface area is 291 Å². The topological polar surface area (TPSA) is 250 Å². The van der Waals surface area contributed by atoms with Gasteiger partial charge >= 0.3 is 11.9 Å². The van der Waals surface area contributed by atoms with Gasteiger partial charge in [-0.1, -0.05) is 36.4 Å². The van der Waals surface area contributed by atoms with Crippen LogP contribution in [0, 0.1) is 11.8 Å². The Bertz CT molecular complexity index is 1490. The summed E-state index contributed by atoms with van der Waals surface area (Å²) in [6.45, 7) is 0.496. The van der Waals surface area contributed by atoms with E-state index in [-0.39, 0.29) is 24.4 Å². The molecule has 6 rings (SSSR count). The summed E-state index contributed by atoms with van der Waals surface area (Å²) in [7, 11) is 1.19. The van der Waals surface area contributed by atoms with Crippen LogP contribution in [0.2, 0.25) is 0 Å². The molecule has 4 aliphatic heterocycles. The molecule has 0 aromatic heterocycles. The standard InChI is InChI=1S/C34H42O17/c1-15(36)18-10-34(51-30(18)43)9-8-17-19(29(42)44-2)13-46-31(22(17)34)50-33-27(41)25(39)28(21(48-33)14-45-12-16-6-4-3-5-7-16)49-32-26(40)24(38)23(37)20(11-35)47-32/h3-10,13,15,17,20-28,31-33,35-41H,11-12,14H2,1-2H3/t15-,17+,20+,21+,22+,23-,24-,25+,26+,27+,28+,31-,32-,33-,34+/m0/s1. The van der Waals surface area contributed by atoms with Gasteiger partial charge in [0.15, 0.2) is 18.2 Å². The molecule has 0 radical (unpaired) electrons. The van der Waals surface area contributed by atoms with E-state index in [1.54, 1.807) is 6.08 Å². The van der Waals surface area contributed by atoms with E-state index in [2.05, 4.69) is 0 Å². The second-order valence-corrected chi connectivity index (χ2v) is 13.0. The van der Waals surface area contributed by atoms with Crippen molar-refractivity contribution in [1.29, 1.82) is 0 Å². The number of methoxy groups -OCH3 is 1. The third-order valence-electron chi connectivity index (χ3n) is 9.65. The molecule has 1 aromatic carbocycles. The number of allylic oxidation sites excluding steroid dienone is 1. The molecule has 15 atom stereocenters. The molecule has 5 aliphatic rings. The summed E-state index contributed by atoms with van der Waals surface area (Å²) in [5.74, 6) is -3.30. The van der Waals surface area contributed by atoms with Gasteiger partial charge in [-0.3, -0.25) is 0 Å². The number of ether oxygens (including phenoxy) is 8. The molecule has 0 saturated carbocycles. The summed E-state index contributed by atoms with van der Waals surface area (Å²) in [6, 6.07) is 9.10. The number of hydrogen-bond acceptors (Lipinski definition) is 17. The second-order valence-electron chi connectivity index (χ2n) is 13.0. The largest absolute Gasteiger partial charge is 0.471 e. The summed E-state index contributed by atoms with van der Waals surface area (Å²) in [5.41, 5.74) is -0.688. The number of aliphatic hydroxyl groups excluding tert-OH is 7. The first-order valence-electron chi connectivity index (χ1n) is 16.4. The van der Waals surface area contributed by atoms with Crippen LogP contribution in [0.1, 0.15) is 12.5 Å². The van der Waals surface area contributed by atoms with Gasteiger partial charge in [0.2, 0.25) is 6.29 Å². The second kappa shape index (κ2) is 15.4. The van der Waals surface area contributed by atoms with Crippen molar-refractivity contribution in [2.45, 2.75) is 92.9 Å². The zero-order chi connectivity index (χ0) is 36.6. The van der Waals surface area contributed by atoms with Gasteiger partial charge in [-0.25, -0.2) is 9.59 Å². The van der Waals surface area contributed by atoms with Gasteiger partial charge in [-0.2, -0.15) is 0 Å². The van der Waals surface area contributed by atoms with Crippen LogP contribution in [-0.2, 0) is 54.1 Å². The molecule has 280 valence electrons. The van der Waals surface area contributed by atoms with Crippen LogP contribution < -0.4 is 0 Å². The number of hydrogen-bond donors (Lipinski definition) is 7. The Hall–Kier alpha value is -3.30. The monoisotopic (exact) mass is 722 g/mol. The van der Waals surface area contributed by atoms with Gasteiger partial charge in [-0.15, -0.1) is 0 Å². The van der Waals surface area contributed by atoms with Gasteiger partial charge < -0.3 is 73.6 Å². The molecule has 1 aromatic rings. The molecular weight excluding hydrogens is 680 g/mol. The number of aliphatic hydroxyl groups is 7. The van der Waals surface area contributed by atoms with Gasteiger partial charge in [0, 0.05) is 5.92 Å². The Morgan fingerprint density at radius 2 is 1.61 bits per heavy atom. The smallest absolute Gasteiger partial charge is 0.337 e. The third-order valence-corrected chi connectivity index (χ3v) is 9.65. The van der Waals surface area contributed by atoms with E-state index >= 15 is 0 Å². The van der Waals surface area contributed by atoms with E-state index in [4.69, 9.17) is 37.9 Å². The molecular formula is C34H42O17. The molecule has 1 aliphatic carbocycles. The molecule has 2 fully saturated rings. The van der Waals surface area contributed by atoms with Crippen molar-refractivity contribution < 1.29 is 83.2 Å². The van der Waals surface area contributed by atoms with Crippen molar-refractivity contribution in [2.75, 3.05) is 20.3 Å². The molecule has 1 spiro atoms. The van der Waals surface area contributed by atoms with Crippen molar-refractivity contribution >= 4 is 11.9 Å². The minimum atomic E-state index is -1.86. The van der Waals surface area contributed by atoms with Crippen LogP contribution in [0.4, 0.5) is 0 Å². The number of esters is 2. The van der Waals surface area contributed by atoms with Crippen molar-refractivity contribution in [1.82, 2.24) is 0 Å². The van der Waals surface area contributed by atoms with Crippen LogP contribution >= 0.6 is 0 Å². The van der Waals surface area contributed by atoms with E-state index in [0.717, 1.165) is 11.8 Å². The summed E-state index contributed by atoms with van der Waals surface area (Å²) in [5, 5.41) is 73.7. The Morgan fingerprint density at radius 1 is 0.922 bits per heavy atom. The number of benzene rings is 1. The van der Waals surface area contributed by atoms with E-state index in [9.17, 15) is 45.3 Å². The van der Waals surface area contributed by atoms with E-state index in [0.29, 0.717) is 0 Å². The maximum absolute atomic E-state index is 12.8. The zero-order valence-electron chi connectivity index (χ0n) is 27.6. The minimum Gasteiger partial charge on any atom is -0.471 e.